The molecular formula is C14H22ClN5O3. The minimum Gasteiger partial charge on any atom is -0.481 e. The number of carbonyl (C=O) groups excluding carboxylic acids is 1. The van der Waals surface area contributed by atoms with Crippen LogP contribution in [0.5, 0.6) is 0 Å². The number of halogens is 1. The number of primary amides is 1. The molecule has 0 bridgehead atoms. The zero-order valence-electron chi connectivity index (χ0n) is 13.3. The first kappa shape index (κ1) is 19.1. The Kier molecular flexibility index (Phi) is 6.71. The molecule has 1 aliphatic rings. The fourth-order valence-electron chi connectivity index (χ4n) is 2.55. The highest BCUT2D eigenvalue weighted by Gasteiger charge is 2.24. The summed E-state index contributed by atoms with van der Waals surface area (Å²) >= 11 is 0. The maximum Gasteiger partial charge on any atom is 0.304 e. The zero-order valence-corrected chi connectivity index (χ0v) is 14.1. The molecule has 0 aromatic carbocycles. The molecule has 1 aromatic rings. The van der Waals surface area contributed by atoms with Gasteiger partial charge >= 0.3 is 5.97 Å². The number of aromatic nitrogens is 2. The van der Waals surface area contributed by atoms with Gasteiger partial charge in [-0.2, -0.15) is 5.10 Å². The minimum absolute atomic E-state index is 0. The molecule has 1 amide bonds. The van der Waals surface area contributed by atoms with Gasteiger partial charge < -0.3 is 15.7 Å². The van der Waals surface area contributed by atoms with Crippen LogP contribution < -0.4 is 10.6 Å². The summed E-state index contributed by atoms with van der Waals surface area (Å²) in [5, 5.41) is 17.0. The Morgan fingerprint density at radius 1 is 1.17 bits per heavy atom. The van der Waals surface area contributed by atoms with Crippen molar-refractivity contribution in [1.82, 2.24) is 15.1 Å². The van der Waals surface area contributed by atoms with E-state index in [1.807, 2.05) is 11.8 Å². The molecule has 1 aromatic heterocycles. The van der Waals surface area contributed by atoms with Crippen LogP contribution in [-0.2, 0) is 4.79 Å². The molecule has 1 fully saturated rings. The molecule has 9 heteroatoms. The SMILES string of the molecule is Cc1nnc(N2CCN(CCC(=O)O)CC2)c(C(N)=O)c1C.Cl. The summed E-state index contributed by atoms with van der Waals surface area (Å²) in [4.78, 5) is 26.4. The van der Waals surface area contributed by atoms with Crippen molar-refractivity contribution in [2.45, 2.75) is 20.3 Å². The number of carboxylic acid groups (broad SMARTS) is 1. The molecule has 0 spiro atoms. The summed E-state index contributed by atoms with van der Waals surface area (Å²) in [5.41, 5.74) is 7.36. The molecule has 1 saturated heterocycles. The number of hydrogen-bond acceptors (Lipinski definition) is 6. The topological polar surface area (TPSA) is 113 Å². The second-order valence-electron chi connectivity index (χ2n) is 5.45. The molecule has 0 unspecified atom stereocenters. The fourth-order valence-corrected chi connectivity index (χ4v) is 2.55. The Bertz CT molecular complexity index is 588. The Labute approximate surface area is 141 Å². The predicted octanol–water partition coefficient (Wildman–Crippen LogP) is 0.211. The number of hydrogen-bond donors (Lipinski definition) is 2. The highest BCUT2D eigenvalue weighted by Crippen LogP contribution is 2.22. The van der Waals surface area contributed by atoms with Crippen LogP contribution in [0.1, 0.15) is 28.0 Å². The first-order chi connectivity index (χ1) is 10.4. The van der Waals surface area contributed by atoms with E-state index in [1.165, 1.54) is 0 Å². The van der Waals surface area contributed by atoms with Crippen molar-refractivity contribution in [2.75, 3.05) is 37.6 Å². The van der Waals surface area contributed by atoms with Crippen molar-refractivity contribution in [3.8, 4) is 0 Å². The monoisotopic (exact) mass is 343 g/mol. The van der Waals surface area contributed by atoms with E-state index in [-0.39, 0.29) is 18.8 Å². The lowest BCUT2D eigenvalue weighted by Crippen LogP contribution is -2.48. The van der Waals surface area contributed by atoms with Crippen LogP contribution in [0.3, 0.4) is 0 Å². The van der Waals surface area contributed by atoms with Crippen molar-refractivity contribution >= 4 is 30.1 Å². The van der Waals surface area contributed by atoms with Gasteiger partial charge in [0.2, 0.25) is 0 Å². The second kappa shape index (κ2) is 8.07. The van der Waals surface area contributed by atoms with Gasteiger partial charge in [0.05, 0.1) is 17.7 Å². The van der Waals surface area contributed by atoms with E-state index in [1.54, 1.807) is 6.92 Å². The van der Waals surface area contributed by atoms with E-state index in [2.05, 4.69) is 15.1 Å². The van der Waals surface area contributed by atoms with Crippen LogP contribution in [-0.4, -0.2) is 64.8 Å². The number of anilines is 1. The third-order valence-electron chi connectivity index (χ3n) is 4.00. The Morgan fingerprint density at radius 2 is 1.78 bits per heavy atom. The van der Waals surface area contributed by atoms with Crippen molar-refractivity contribution in [1.29, 1.82) is 0 Å². The van der Waals surface area contributed by atoms with Crippen molar-refractivity contribution in [2.24, 2.45) is 5.73 Å². The lowest BCUT2D eigenvalue weighted by atomic mass is 10.1. The first-order valence-electron chi connectivity index (χ1n) is 7.23. The van der Waals surface area contributed by atoms with Gasteiger partial charge in [-0.1, -0.05) is 0 Å². The van der Waals surface area contributed by atoms with E-state index in [9.17, 15) is 9.59 Å². The molecule has 3 N–H and O–H groups in total. The van der Waals surface area contributed by atoms with E-state index in [0.717, 1.165) is 18.7 Å². The molecule has 2 rings (SSSR count). The summed E-state index contributed by atoms with van der Waals surface area (Å²) in [6.07, 6.45) is 0.135. The summed E-state index contributed by atoms with van der Waals surface area (Å²) in [5.74, 6) is -0.772. The normalized spacial score (nSPS) is 15.1. The number of aryl methyl sites for hydroxylation is 1. The summed E-state index contributed by atoms with van der Waals surface area (Å²) in [6, 6.07) is 0. The van der Waals surface area contributed by atoms with Crippen LogP contribution in [0.2, 0.25) is 0 Å². The number of rotatable bonds is 5. The maximum absolute atomic E-state index is 11.7. The van der Waals surface area contributed by atoms with Gasteiger partial charge in [-0.25, -0.2) is 0 Å². The average molecular weight is 344 g/mol. The van der Waals surface area contributed by atoms with E-state index in [0.29, 0.717) is 36.7 Å². The molecule has 0 atom stereocenters. The lowest BCUT2D eigenvalue weighted by Gasteiger charge is -2.35. The third-order valence-corrected chi connectivity index (χ3v) is 4.00. The Hall–Kier alpha value is -1.93. The molecular weight excluding hydrogens is 322 g/mol. The molecule has 2 heterocycles. The van der Waals surface area contributed by atoms with Crippen LogP contribution in [0.15, 0.2) is 0 Å². The number of aliphatic carboxylic acids is 1. The quantitative estimate of drug-likeness (QED) is 0.785. The molecule has 128 valence electrons. The third kappa shape index (κ3) is 4.52. The number of carbonyl (C=O) groups is 2. The number of nitrogens with two attached hydrogens (primary N) is 1. The smallest absolute Gasteiger partial charge is 0.304 e. The number of amides is 1. The number of piperazine rings is 1. The molecule has 1 aliphatic heterocycles. The largest absolute Gasteiger partial charge is 0.481 e. The Morgan fingerprint density at radius 3 is 2.30 bits per heavy atom. The summed E-state index contributed by atoms with van der Waals surface area (Å²) in [6.45, 7) is 6.91. The number of nitrogens with zero attached hydrogens (tertiary/aromatic N) is 4. The predicted molar refractivity (Wildman–Crippen MR) is 88.2 cm³/mol. The molecule has 0 radical (unpaired) electrons. The van der Waals surface area contributed by atoms with E-state index >= 15 is 0 Å². The van der Waals surface area contributed by atoms with Crippen LogP contribution >= 0.6 is 12.4 Å². The van der Waals surface area contributed by atoms with Crippen LogP contribution in [0.4, 0.5) is 5.82 Å². The van der Waals surface area contributed by atoms with Crippen LogP contribution in [0.25, 0.3) is 0 Å². The van der Waals surface area contributed by atoms with Gasteiger partial charge in [0, 0.05) is 32.7 Å². The van der Waals surface area contributed by atoms with Gasteiger partial charge in [-0.15, -0.1) is 17.5 Å². The summed E-state index contributed by atoms with van der Waals surface area (Å²) < 4.78 is 0. The molecule has 0 saturated carbocycles. The molecule has 0 aliphatic carbocycles. The second-order valence-corrected chi connectivity index (χ2v) is 5.45. The summed E-state index contributed by atoms with van der Waals surface area (Å²) in [7, 11) is 0. The molecule has 23 heavy (non-hydrogen) atoms. The highest BCUT2D eigenvalue weighted by atomic mass is 35.5. The highest BCUT2D eigenvalue weighted by molar-refractivity contribution is 5.99. The van der Waals surface area contributed by atoms with Gasteiger partial charge in [-0.05, 0) is 19.4 Å². The van der Waals surface area contributed by atoms with Crippen molar-refractivity contribution in [3.63, 3.8) is 0 Å². The lowest BCUT2D eigenvalue weighted by molar-refractivity contribution is -0.137. The minimum atomic E-state index is -0.793. The Balaban J connectivity index is 0.00000264. The van der Waals surface area contributed by atoms with E-state index in [4.69, 9.17) is 10.8 Å². The molecule has 8 nitrogen and oxygen atoms in total. The number of carboxylic acids is 1. The van der Waals surface area contributed by atoms with Gasteiger partial charge in [0.1, 0.15) is 0 Å². The van der Waals surface area contributed by atoms with Crippen molar-refractivity contribution in [3.05, 3.63) is 16.8 Å². The zero-order chi connectivity index (χ0) is 16.3. The standard InChI is InChI=1S/C14H21N5O3.ClH/c1-9-10(2)16-17-14(12(9)13(15)22)19-7-5-18(6-8-19)4-3-11(20)21;/h3-8H2,1-2H3,(H2,15,22)(H,20,21);1H. The van der Waals surface area contributed by atoms with E-state index < -0.39 is 11.9 Å². The van der Waals surface area contributed by atoms with Gasteiger partial charge in [0.25, 0.3) is 5.91 Å². The van der Waals surface area contributed by atoms with Gasteiger partial charge in [-0.3, -0.25) is 14.5 Å². The van der Waals surface area contributed by atoms with Crippen molar-refractivity contribution < 1.29 is 14.7 Å². The average Bonchev–Trinajstić information content (AvgIpc) is 2.48. The first-order valence-corrected chi connectivity index (χ1v) is 7.23. The fraction of sp³-hybridized carbons (Fsp3) is 0.571. The van der Waals surface area contributed by atoms with Gasteiger partial charge in [0.15, 0.2) is 5.82 Å². The van der Waals surface area contributed by atoms with Crippen LogP contribution in [0, 0.1) is 13.8 Å². The maximum atomic E-state index is 11.7.